The van der Waals surface area contributed by atoms with Gasteiger partial charge in [0.25, 0.3) is 12.3 Å². The smallest absolute Gasteiger partial charge is 0.329 e. The molecule has 3 amide bonds. The monoisotopic (exact) mass is 768 g/mol. The molecule has 0 bridgehead atoms. The number of anilines is 1. The van der Waals surface area contributed by atoms with Crippen molar-refractivity contribution in [1.29, 1.82) is 0 Å². The van der Waals surface area contributed by atoms with Gasteiger partial charge in [-0.2, -0.15) is 10.2 Å². The Morgan fingerprint density at radius 3 is 2.64 bits per heavy atom. The number of carbonyl (C=O) groups excluding carboxylic acids is 3. The van der Waals surface area contributed by atoms with Gasteiger partial charge in [0.2, 0.25) is 11.8 Å². The number of para-hydroxylation sites is 1. The second kappa shape index (κ2) is 15.8. The zero-order valence-electron chi connectivity index (χ0n) is 30.9. The molecule has 15 nitrogen and oxygen atoms in total. The second-order valence-corrected chi connectivity index (χ2v) is 14.7. The van der Waals surface area contributed by atoms with Crippen molar-refractivity contribution in [3.63, 3.8) is 0 Å². The summed E-state index contributed by atoms with van der Waals surface area (Å²) in [5.41, 5.74) is 1.61. The number of ether oxygens (including phenoxy) is 1. The Morgan fingerprint density at radius 2 is 1.88 bits per heavy atom. The molecule has 56 heavy (non-hydrogen) atoms. The first-order chi connectivity index (χ1) is 27.1. The summed E-state index contributed by atoms with van der Waals surface area (Å²) in [6, 6.07) is 6.32. The fraction of sp³-hybridized carbons (Fsp3) is 0.462. The highest BCUT2D eigenvalue weighted by Crippen LogP contribution is 2.36. The molecule has 3 aliphatic rings. The molecular weight excluding hydrogens is 726 g/mol. The van der Waals surface area contributed by atoms with Gasteiger partial charge in [-0.15, -0.1) is 0 Å². The third kappa shape index (κ3) is 7.46. The van der Waals surface area contributed by atoms with Crippen LogP contribution in [0.3, 0.4) is 0 Å². The molecule has 292 valence electrons. The maximum Gasteiger partial charge on any atom is 0.329 e. The first-order valence-corrected chi connectivity index (χ1v) is 19.0. The van der Waals surface area contributed by atoms with Gasteiger partial charge in [0.1, 0.15) is 18.2 Å². The number of likely N-dealkylation sites (tertiary alicyclic amines) is 1. The molecule has 1 unspecified atom stereocenters. The summed E-state index contributed by atoms with van der Waals surface area (Å²) in [5, 5.41) is 13.3. The quantitative estimate of drug-likeness (QED) is 0.167. The second-order valence-electron chi connectivity index (χ2n) is 14.7. The number of benzene rings is 1. The number of aromatic nitrogens is 7. The van der Waals surface area contributed by atoms with Crippen LogP contribution in [-0.2, 0) is 21.4 Å². The number of fused-ring (bicyclic) bond motifs is 2. The highest BCUT2D eigenvalue weighted by Gasteiger charge is 2.32. The minimum atomic E-state index is -2.85. The van der Waals surface area contributed by atoms with Crippen molar-refractivity contribution >= 4 is 40.1 Å². The summed E-state index contributed by atoms with van der Waals surface area (Å²) < 4.78 is 40.1. The standard InChI is InChI=1S/C39H42F2N10O5/c1-47-34-25(5-2-7-30(34)51(39(47)55)31-12-13-32(52)45-38(31)54)6-3-20-56-27-14-18-48(19-15-27)22-24-8-10-26(11-9-24)50-23-29(33(46-50)35(40)41)44-37(53)28-21-43-49-17-4-16-42-36(28)49/h2,4-5,7,16-17,21,23-24,26-27,31,35H,8-15,18-20,22H2,1H3,(H,44,53)(H,45,52,54). The zero-order chi connectivity index (χ0) is 38.9. The number of imidazole rings is 1. The van der Waals surface area contributed by atoms with Crippen molar-refractivity contribution < 1.29 is 27.9 Å². The molecule has 5 aromatic rings. The predicted molar refractivity (Wildman–Crippen MR) is 200 cm³/mol. The van der Waals surface area contributed by atoms with E-state index in [9.17, 15) is 28.0 Å². The Morgan fingerprint density at radius 1 is 1.07 bits per heavy atom. The van der Waals surface area contributed by atoms with E-state index in [1.165, 1.54) is 32.2 Å². The zero-order valence-corrected chi connectivity index (χ0v) is 30.9. The van der Waals surface area contributed by atoms with E-state index in [0.717, 1.165) is 58.2 Å². The fourth-order valence-electron chi connectivity index (χ4n) is 8.30. The van der Waals surface area contributed by atoms with Crippen LogP contribution in [0.2, 0.25) is 0 Å². The lowest BCUT2D eigenvalue weighted by Crippen LogP contribution is -2.44. The molecule has 1 aromatic carbocycles. The Hall–Kier alpha value is -5.73. The number of aryl methyl sites for hydroxylation is 1. The molecule has 0 radical (unpaired) electrons. The van der Waals surface area contributed by atoms with Crippen LogP contribution in [0.1, 0.15) is 91.5 Å². The van der Waals surface area contributed by atoms with Crippen molar-refractivity contribution in [3.05, 3.63) is 76.4 Å². The normalized spacial score (nSPS) is 21.0. The number of amides is 3. The number of piperidine rings is 2. The third-order valence-electron chi connectivity index (χ3n) is 11.2. The van der Waals surface area contributed by atoms with Crippen LogP contribution in [-0.4, -0.2) is 88.5 Å². The van der Waals surface area contributed by atoms with Crippen molar-refractivity contribution in [2.45, 2.75) is 76.0 Å². The lowest BCUT2D eigenvalue weighted by Gasteiger charge is -2.36. The number of imide groups is 1. The van der Waals surface area contributed by atoms with E-state index in [1.807, 2.05) is 6.07 Å². The Bertz CT molecular complexity index is 2410. The molecule has 17 heteroatoms. The summed E-state index contributed by atoms with van der Waals surface area (Å²) in [6.45, 7) is 3.04. The molecule has 0 spiro atoms. The van der Waals surface area contributed by atoms with E-state index in [4.69, 9.17) is 4.74 Å². The summed E-state index contributed by atoms with van der Waals surface area (Å²) in [6.07, 6.45) is 9.04. The van der Waals surface area contributed by atoms with Crippen LogP contribution in [0.5, 0.6) is 0 Å². The topological polar surface area (TPSA) is 163 Å². The van der Waals surface area contributed by atoms with Gasteiger partial charge in [0, 0.05) is 51.7 Å². The van der Waals surface area contributed by atoms with E-state index >= 15 is 0 Å². The summed E-state index contributed by atoms with van der Waals surface area (Å²) >= 11 is 0. The van der Waals surface area contributed by atoms with Crippen LogP contribution in [0.15, 0.2) is 53.8 Å². The van der Waals surface area contributed by atoms with E-state index < -0.39 is 30.0 Å². The number of carbonyl (C=O) groups is 3. The van der Waals surface area contributed by atoms with Crippen LogP contribution in [0.25, 0.3) is 16.7 Å². The van der Waals surface area contributed by atoms with Gasteiger partial charge >= 0.3 is 5.69 Å². The number of halogens is 2. The molecule has 3 fully saturated rings. The number of hydrogen-bond acceptors (Lipinski definition) is 9. The van der Waals surface area contributed by atoms with Crippen molar-refractivity contribution in [1.82, 2.24) is 43.7 Å². The summed E-state index contributed by atoms with van der Waals surface area (Å²) in [5.74, 6) is 5.37. The minimum absolute atomic E-state index is 0.00971. The van der Waals surface area contributed by atoms with Gasteiger partial charge in [-0.1, -0.05) is 17.9 Å². The largest absolute Gasteiger partial charge is 0.365 e. The number of hydrogen-bond donors (Lipinski definition) is 2. The molecule has 2 N–H and O–H groups in total. The van der Waals surface area contributed by atoms with Gasteiger partial charge in [0.15, 0.2) is 11.3 Å². The van der Waals surface area contributed by atoms with Gasteiger partial charge in [-0.3, -0.25) is 33.5 Å². The molecule has 1 atom stereocenters. The van der Waals surface area contributed by atoms with E-state index in [-0.39, 0.29) is 54.4 Å². The van der Waals surface area contributed by atoms with Crippen molar-refractivity contribution in [2.75, 3.05) is 31.6 Å². The van der Waals surface area contributed by atoms with Gasteiger partial charge in [-0.25, -0.2) is 23.1 Å². The highest BCUT2D eigenvalue weighted by molar-refractivity contribution is 6.08. The molecule has 1 aliphatic carbocycles. The SMILES string of the molecule is Cn1c(=O)n(C2CCC(=O)NC2=O)c2cccc(C#CCOC3CCN(CC4CCC(n5cc(NC(=O)c6cnn7cccnc67)c(C(F)F)n5)CC4)CC3)c21. The number of rotatable bonds is 9. The average Bonchev–Trinajstić information content (AvgIpc) is 3.89. The maximum absolute atomic E-state index is 14.0. The molecule has 6 heterocycles. The van der Waals surface area contributed by atoms with Crippen molar-refractivity contribution in [3.8, 4) is 11.8 Å². The molecule has 2 saturated heterocycles. The Balaban J connectivity index is 0.805. The lowest BCUT2D eigenvalue weighted by atomic mass is 9.85. The molecule has 8 rings (SSSR count). The number of alkyl halides is 2. The maximum atomic E-state index is 14.0. The highest BCUT2D eigenvalue weighted by atomic mass is 19.3. The van der Waals surface area contributed by atoms with Crippen LogP contribution in [0, 0.1) is 17.8 Å². The van der Waals surface area contributed by atoms with E-state index in [2.05, 4.69) is 42.6 Å². The number of nitrogens with one attached hydrogen (secondary N) is 2. The molecular formula is C39H42F2N10O5. The average molecular weight is 769 g/mol. The molecule has 1 saturated carbocycles. The predicted octanol–water partition coefficient (Wildman–Crippen LogP) is 4.01. The molecule has 2 aliphatic heterocycles. The van der Waals surface area contributed by atoms with Gasteiger partial charge in [0.05, 0.1) is 40.6 Å². The van der Waals surface area contributed by atoms with Crippen LogP contribution >= 0.6 is 0 Å². The Labute approximate surface area is 320 Å². The van der Waals surface area contributed by atoms with E-state index in [1.54, 1.807) is 36.1 Å². The van der Waals surface area contributed by atoms with E-state index in [0.29, 0.717) is 28.2 Å². The van der Waals surface area contributed by atoms with Crippen molar-refractivity contribution in [2.24, 2.45) is 13.0 Å². The minimum Gasteiger partial charge on any atom is -0.365 e. The molecule has 4 aromatic heterocycles. The number of nitrogens with zero attached hydrogens (tertiary/aromatic N) is 8. The lowest BCUT2D eigenvalue weighted by molar-refractivity contribution is -0.135. The van der Waals surface area contributed by atoms with Crippen LogP contribution < -0.4 is 16.3 Å². The third-order valence-corrected chi connectivity index (χ3v) is 11.2. The Kier molecular flexibility index (Phi) is 10.5. The first kappa shape index (κ1) is 37.2. The fourth-order valence-corrected chi connectivity index (χ4v) is 8.30. The summed E-state index contributed by atoms with van der Waals surface area (Å²) in [4.78, 5) is 57.1. The summed E-state index contributed by atoms with van der Waals surface area (Å²) in [7, 11) is 1.65. The van der Waals surface area contributed by atoms with Gasteiger partial charge < -0.3 is 15.0 Å². The van der Waals surface area contributed by atoms with Crippen LogP contribution in [0.4, 0.5) is 14.5 Å². The first-order valence-electron chi connectivity index (χ1n) is 19.0. The van der Waals surface area contributed by atoms with Gasteiger partial charge in [-0.05, 0) is 69.1 Å².